The number of hydrogen-bond acceptors (Lipinski definition) is 6. The molecule has 3 aromatic rings. The minimum Gasteiger partial charge on any atom is -0.454 e. The number of nitrogens with two attached hydrogens (primary N) is 1. The smallest absolute Gasteiger partial charge is 0.349 e. The molecule has 0 amide bonds. The Morgan fingerprint density at radius 2 is 1.82 bits per heavy atom. The molecule has 8 nitrogen and oxygen atoms in total. The number of aromatic amines is 1. The predicted octanol–water partition coefficient (Wildman–Crippen LogP) is 4.56. The quantitative estimate of drug-likeness (QED) is 0.500. The Balaban J connectivity index is 2.00. The van der Waals surface area contributed by atoms with Crippen LogP contribution in [0.25, 0.3) is 5.69 Å². The van der Waals surface area contributed by atoms with Crippen molar-refractivity contribution in [3.8, 4) is 17.2 Å². The van der Waals surface area contributed by atoms with Gasteiger partial charge in [-0.1, -0.05) is 36.2 Å². The monoisotopic (exact) mass is 490 g/mol. The molecule has 10 heteroatoms. The van der Waals surface area contributed by atoms with E-state index in [4.69, 9.17) is 33.7 Å². The normalized spacial score (nSPS) is 11.5. The van der Waals surface area contributed by atoms with Crippen molar-refractivity contribution in [3.05, 3.63) is 72.3 Å². The van der Waals surface area contributed by atoms with Crippen molar-refractivity contribution in [3.63, 3.8) is 0 Å². The van der Waals surface area contributed by atoms with Crippen LogP contribution in [0.2, 0.25) is 10.0 Å². The molecule has 0 saturated carbocycles. The average molecular weight is 491 g/mol. The van der Waals surface area contributed by atoms with Gasteiger partial charge in [-0.3, -0.25) is 14.6 Å². The van der Waals surface area contributed by atoms with Gasteiger partial charge < -0.3 is 10.5 Å². The Bertz CT molecular complexity index is 1320. The zero-order valence-corrected chi connectivity index (χ0v) is 20.2. The van der Waals surface area contributed by atoms with Crippen LogP contribution in [0, 0.1) is 6.92 Å². The largest absolute Gasteiger partial charge is 0.454 e. The van der Waals surface area contributed by atoms with Crippen molar-refractivity contribution >= 4 is 34.8 Å². The molecule has 0 spiro atoms. The SMILES string of the molecule is CCCC(=O)C(C)(C)c1cc(Oc2c(Cl)cc(-n3nc(N)c(=O)[nH]c3=O)cc2Cl)ccc1C. The molecule has 0 bridgehead atoms. The first-order chi connectivity index (χ1) is 15.4. The number of carbonyl (C=O) groups is 1. The number of nitrogens with zero attached hydrogens (tertiary/aromatic N) is 2. The van der Waals surface area contributed by atoms with Crippen LogP contribution in [0.15, 0.2) is 39.9 Å². The second-order valence-electron chi connectivity index (χ2n) is 8.17. The summed E-state index contributed by atoms with van der Waals surface area (Å²) < 4.78 is 6.85. The summed E-state index contributed by atoms with van der Waals surface area (Å²) in [5.74, 6) is 0.381. The van der Waals surface area contributed by atoms with Crippen molar-refractivity contribution in [2.75, 3.05) is 5.73 Å². The van der Waals surface area contributed by atoms with E-state index in [1.165, 1.54) is 12.1 Å². The first-order valence-corrected chi connectivity index (χ1v) is 11.0. The minimum atomic E-state index is -0.794. The van der Waals surface area contributed by atoms with Crippen molar-refractivity contribution in [1.82, 2.24) is 14.8 Å². The summed E-state index contributed by atoms with van der Waals surface area (Å²) >= 11 is 12.8. The standard InChI is InChI=1S/C23H24Cl2N4O4/c1-5-6-18(30)23(3,4)15-11-14(8-7-12(15)2)33-19-16(24)9-13(10-17(19)25)29-22(32)27-21(31)20(26)28-29/h7-11H,5-6H2,1-4H3,(H2,26,28)(H,27,31,32). The maximum Gasteiger partial charge on any atom is 0.349 e. The van der Waals surface area contributed by atoms with Gasteiger partial charge in [0, 0.05) is 11.8 Å². The highest BCUT2D eigenvalue weighted by molar-refractivity contribution is 6.37. The van der Waals surface area contributed by atoms with Crippen LogP contribution < -0.4 is 21.7 Å². The van der Waals surface area contributed by atoms with E-state index < -0.39 is 16.7 Å². The van der Waals surface area contributed by atoms with Gasteiger partial charge in [0.1, 0.15) is 11.5 Å². The highest BCUT2D eigenvalue weighted by Crippen LogP contribution is 2.39. The van der Waals surface area contributed by atoms with Crippen molar-refractivity contribution < 1.29 is 9.53 Å². The van der Waals surface area contributed by atoms with E-state index >= 15 is 0 Å². The molecule has 3 N–H and O–H groups in total. The maximum absolute atomic E-state index is 12.7. The van der Waals surface area contributed by atoms with E-state index in [2.05, 4.69) is 10.1 Å². The van der Waals surface area contributed by atoms with E-state index in [0.717, 1.165) is 22.2 Å². The number of benzene rings is 2. The van der Waals surface area contributed by atoms with Crippen molar-refractivity contribution in [2.45, 2.75) is 46.0 Å². The third kappa shape index (κ3) is 4.96. The number of rotatable bonds is 7. The molecule has 0 atom stereocenters. The van der Waals surface area contributed by atoms with Crippen LogP contribution in [0.3, 0.4) is 0 Å². The third-order valence-corrected chi connectivity index (χ3v) is 5.92. The second-order valence-corrected chi connectivity index (χ2v) is 8.99. The Labute approximate surface area is 200 Å². The van der Waals surface area contributed by atoms with Gasteiger partial charge in [-0.2, -0.15) is 4.68 Å². The lowest BCUT2D eigenvalue weighted by Gasteiger charge is -2.26. The lowest BCUT2D eigenvalue weighted by Crippen LogP contribution is -2.33. The highest BCUT2D eigenvalue weighted by atomic mass is 35.5. The van der Waals surface area contributed by atoms with Crippen LogP contribution in [0.1, 0.15) is 44.7 Å². The van der Waals surface area contributed by atoms with Crippen LogP contribution >= 0.6 is 23.2 Å². The fraction of sp³-hybridized carbons (Fsp3) is 0.304. The topological polar surface area (TPSA) is 120 Å². The van der Waals surface area contributed by atoms with E-state index in [-0.39, 0.29) is 33.1 Å². The molecule has 174 valence electrons. The summed E-state index contributed by atoms with van der Waals surface area (Å²) in [6, 6.07) is 8.26. The number of nitrogens with one attached hydrogen (secondary N) is 1. The molecule has 0 fully saturated rings. The molecule has 0 radical (unpaired) electrons. The number of H-pyrrole nitrogens is 1. The highest BCUT2D eigenvalue weighted by Gasteiger charge is 2.30. The van der Waals surface area contributed by atoms with Crippen molar-refractivity contribution in [1.29, 1.82) is 0 Å². The molecule has 2 aromatic carbocycles. The Morgan fingerprint density at radius 1 is 1.18 bits per heavy atom. The third-order valence-electron chi connectivity index (χ3n) is 5.36. The number of carbonyl (C=O) groups excluding carboxylic acids is 1. The number of aromatic nitrogens is 3. The van der Waals surface area contributed by atoms with Gasteiger partial charge in [-0.05, 0) is 62.6 Å². The first-order valence-electron chi connectivity index (χ1n) is 10.3. The first kappa shape index (κ1) is 24.5. The van der Waals surface area contributed by atoms with Crippen LogP contribution in [-0.4, -0.2) is 20.5 Å². The van der Waals surface area contributed by atoms with Gasteiger partial charge >= 0.3 is 5.69 Å². The van der Waals surface area contributed by atoms with Gasteiger partial charge in [0.2, 0.25) is 5.82 Å². The molecule has 0 unspecified atom stereocenters. The number of hydrogen-bond donors (Lipinski definition) is 2. The van der Waals surface area contributed by atoms with Gasteiger partial charge in [0.05, 0.1) is 15.7 Å². The number of ketones is 1. The summed E-state index contributed by atoms with van der Waals surface area (Å²) in [6.07, 6.45) is 1.26. The lowest BCUT2D eigenvalue weighted by molar-refractivity contribution is -0.123. The zero-order valence-electron chi connectivity index (χ0n) is 18.7. The Hall–Kier alpha value is -3.10. The van der Waals surface area contributed by atoms with Gasteiger partial charge in [0.15, 0.2) is 5.75 Å². The molecule has 0 saturated heterocycles. The van der Waals surface area contributed by atoms with Crippen LogP contribution in [0.4, 0.5) is 5.82 Å². The molecule has 1 heterocycles. The molecule has 33 heavy (non-hydrogen) atoms. The van der Waals surface area contributed by atoms with Crippen molar-refractivity contribution in [2.24, 2.45) is 0 Å². The number of anilines is 1. The Morgan fingerprint density at radius 3 is 2.42 bits per heavy atom. The summed E-state index contributed by atoms with van der Waals surface area (Å²) in [6.45, 7) is 7.70. The van der Waals surface area contributed by atoms with Gasteiger partial charge in [-0.25, -0.2) is 4.79 Å². The molecule has 0 aliphatic carbocycles. The molecule has 3 rings (SSSR count). The summed E-state index contributed by atoms with van der Waals surface area (Å²) in [7, 11) is 0. The minimum absolute atomic E-state index is 0.111. The average Bonchev–Trinajstić information content (AvgIpc) is 2.74. The number of aryl methyl sites for hydroxylation is 1. The lowest BCUT2D eigenvalue weighted by atomic mass is 9.77. The summed E-state index contributed by atoms with van der Waals surface area (Å²) in [5.41, 5.74) is 5.25. The fourth-order valence-electron chi connectivity index (χ4n) is 3.50. The number of ether oxygens (including phenoxy) is 1. The molecule has 0 aliphatic heterocycles. The molecular formula is C23H24Cl2N4O4. The number of nitrogen functional groups attached to an aromatic ring is 1. The van der Waals surface area contributed by atoms with E-state index in [1.54, 1.807) is 12.1 Å². The van der Waals surface area contributed by atoms with Crippen LogP contribution in [-0.2, 0) is 10.2 Å². The number of halogens is 2. The summed E-state index contributed by atoms with van der Waals surface area (Å²) in [5, 5.41) is 3.99. The van der Waals surface area contributed by atoms with Gasteiger partial charge in [0.25, 0.3) is 5.56 Å². The maximum atomic E-state index is 12.7. The molecule has 0 aliphatic rings. The van der Waals surface area contributed by atoms with Crippen LogP contribution in [0.5, 0.6) is 11.5 Å². The molecule has 1 aromatic heterocycles. The summed E-state index contributed by atoms with van der Waals surface area (Å²) in [4.78, 5) is 38.3. The second kappa shape index (κ2) is 9.41. The van der Waals surface area contributed by atoms with E-state index in [9.17, 15) is 14.4 Å². The van der Waals surface area contributed by atoms with Gasteiger partial charge in [-0.15, -0.1) is 5.10 Å². The Kier molecular flexibility index (Phi) is 7.00. The molecular weight excluding hydrogens is 467 g/mol. The predicted molar refractivity (Wildman–Crippen MR) is 129 cm³/mol. The zero-order chi connectivity index (χ0) is 24.5. The number of Topliss-reactive ketones (excluding diaryl/α,β-unsaturated/α-hetero) is 1. The fourth-order valence-corrected chi connectivity index (χ4v) is 4.05. The van der Waals surface area contributed by atoms with E-state index in [1.807, 2.05) is 33.8 Å². The van der Waals surface area contributed by atoms with E-state index in [0.29, 0.717) is 12.2 Å².